The molecule has 2 atom stereocenters. The molecule has 1 aromatic carbocycles. The molecule has 0 bridgehead atoms. The number of carboxylic acid groups (broad SMARTS) is 1. The molecular formula is C17H19BrN2O4. The summed E-state index contributed by atoms with van der Waals surface area (Å²) in [5.41, 5.74) is -0.641. The Labute approximate surface area is 148 Å². The average molecular weight is 395 g/mol. The fourth-order valence-corrected chi connectivity index (χ4v) is 2.39. The van der Waals surface area contributed by atoms with E-state index in [1.807, 2.05) is 6.92 Å². The molecule has 2 aromatic rings. The van der Waals surface area contributed by atoms with Crippen LogP contribution in [0.4, 0.5) is 0 Å². The van der Waals surface area contributed by atoms with Crippen LogP contribution in [0, 0.1) is 0 Å². The Balaban J connectivity index is 2.34. The minimum Gasteiger partial charge on any atom is -0.480 e. The SMILES string of the molecule is CCC(C)OC(=O)C(C)(C(=O)O)c1ccc(-n2cc(Br)cn2)cc1. The average Bonchev–Trinajstić information content (AvgIpc) is 3.00. The van der Waals surface area contributed by atoms with Crippen LogP contribution in [0.5, 0.6) is 0 Å². The second-order valence-electron chi connectivity index (χ2n) is 5.70. The minimum absolute atomic E-state index is 0.336. The van der Waals surface area contributed by atoms with Gasteiger partial charge in [0.05, 0.1) is 22.5 Å². The van der Waals surface area contributed by atoms with Crippen molar-refractivity contribution in [1.82, 2.24) is 9.78 Å². The number of carbonyl (C=O) groups is 2. The zero-order valence-corrected chi connectivity index (χ0v) is 15.3. The number of aromatic nitrogens is 2. The van der Waals surface area contributed by atoms with Crippen molar-refractivity contribution in [2.75, 3.05) is 0 Å². The van der Waals surface area contributed by atoms with E-state index in [2.05, 4.69) is 21.0 Å². The van der Waals surface area contributed by atoms with Gasteiger partial charge >= 0.3 is 11.9 Å². The number of aliphatic carboxylic acids is 1. The summed E-state index contributed by atoms with van der Waals surface area (Å²) in [5, 5.41) is 13.8. The van der Waals surface area contributed by atoms with Crippen molar-refractivity contribution < 1.29 is 19.4 Å². The zero-order chi connectivity index (χ0) is 17.9. The van der Waals surface area contributed by atoms with Crippen LogP contribution in [0.1, 0.15) is 32.8 Å². The van der Waals surface area contributed by atoms with Crippen molar-refractivity contribution in [2.45, 2.75) is 38.7 Å². The third-order valence-corrected chi connectivity index (χ3v) is 4.39. The normalized spacial score (nSPS) is 14.7. The summed E-state index contributed by atoms with van der Waals surface area (Å²) in [6.45, 7) is 4.96. The van der Waals surface area contributed by atoms with E-state index < -0.39 is 17.4 Å². The molecule has 0 spiro atoms. The van der Waals surface area contributed by atoms with Gasteiger partial charge in [0.2, 0.25) is 0 Å². The van der Waals surface area contributed by atoms with E-state index >= 15 is 0 Å². The van der Waals surface area contributed by atoms with E-state index in [4.69, 9.17) is 4.74 Å². The lowest BCUT2D eigenvalue weighted by Crippen LogP contribution is -2.43. The molecule has 0 fully saturated rings. The van der Waals surface area contributed by atoms with Crippen molar-refractivity contribution in [2.24, 2.45) is 0 Å². The van der Waals surface area contributed by atoms with Crippen LogP contribution in [0.3, 0.4) is 0 Å². The summed E-state index contributed by atoms with van der Waals surface area (Å²) in [6.07, 6.45) is 3.72. The molecule has 0 aliphatic heterocycles. The topological polar surface area (TPSA) is 81.4 Å². The number of esters is 1. The fourth-order valence-electron chi connectivity index (χ4n) is 2.10. The molecule has 0 saturated heterocycles. The third-order valence-electron chi connectivity index (χ3n) is 3.98. The van der Waals surface area contributed by atoms with Gasteiger partial charge < -0.3 is 9.84 Å². The smallest absolute Gasteiger partial charge is 0.328 e. The first kappa shape index (κ1) is 18.2. The number of benzene rings is 1. The largest absolute Gasteiger partial charge is 0.480 e. The van der Waals surface area contributed by atoms with E-state index in [9.17, 15) is 14.7 Å². The van der Waals surface area contributed by atoms with Crippen LogP contribution in [0.15, 0.2) is 41.1 Å². The molecule has 6 nitrogen and oxygen atoms in total. The Morgan fingerprint density at radius 3 is 2.46 bits per heavy atom. The van der Waals surface area contributed by atoms with Gasteiger partial charge in [-0.3, -0.25) is 9.59 Å². The van der Waals surface area contributed by atoms with Crippen molar-refractivity contribution in [3.8, 4) is 5.69 Å². The third kappa shape index (κ3) is 3.51. The van der Waals surface area contributed by atoms with Gasteiger partial charge in [0.1, 0.15) is 0 Å². The standard InChI is InChI=1S/C17H19BrN2O4/c1-4-11(2)24-16(23)17(3,15(21)22)12-5-7-14(8-6-12)20-10-13(18)9-19-20/h5-11H,4H2,1-3H3,(H,21,22). The van der Waals surface area contributed by atoms with Crippen LogP contribution < -0.4 is 0 Å². The Hall–Kier alpha value is -2.15. The molecule has 7 heteroatoms. The van der Waals surface area contributed by atoms with Gasteiger partial charge in [-0.2, -0.15) is 5.10 Å². The Bertz CT molecular complexity index is 741. The van der Waals surface area contributed by atoms with E-state index in [-0.39, 0.29) is 6.10 Å². The predicted octanol–water partition coefficient (Wildman–Crippen LogP) is 3.32. The molecule has 0 aliphatic rings. The first-order valence-electron chi connectivity index (χ1n) is 7.54. The molecule has 1 heterocycles. The lowest BCUT2D eigenvalue weighted by atomic mass is 9.82. The van der Waals surface area contributed by atoms with Gasteiger partial charge in [0.15, 0.2) is 5.41 Å². The molecule has 24 heavy (non-hydrogen) atoms. The predicted molar refractivity (Wildman–Crippen MR) is 92.1 cm³/mol. The van der Waals surface area contributed by atoms with Crippen molar-refractivity contribution in [3.05, 3.63) is 46.7 Å². The second kappa shape index (κ2) is 7.17. The molecule has 0 aliphatic carbocycles. The van der Waals surface area contributed by atoms with Crippen LogP contribution in [0.2, 0.25) is 0 Å². The monoisotopic (exact) mass is 394 g/mol. The molecule has 128 valence electrons. The Morgan fingerprint density at radius 2 is 2.00 bits per heavy atom. The molecule has 1 N–H and O–H groups in total. The molecule has 0 radical (unpaired) electrons. The molecule has 2 unspecified atom stereocenters. The number of nitrogens with zero attached hydrogens (tertiary/aromatic N) is 2. The summed E-state index contributed by atoms with van der Waals surface area (Å²) in [6, 6.07) is 6.65. The number of hydrogen-bond acceptors (Lipinski definition) is 4. The maximum Gasteiger partial charge on any atom is 0.328 e. The summed E-state index contributed by atoms with van der Waals surface area (Å²) >= 11 is 3.32. The number of carbonyl (C=O) groups excluding carboxylic acids is 1. The zero-order valence-electron chi connectivity index (χ0n) is 13.7. The quantitative estimate of drug-likeness (QED) is 0.600. The Morgan fingerprint density at radius 1 is 1.38 bits per heavy atom. The lowest BCUT2D eigenvalue weighted by molar-refractivity contribution is -0.164. The van der Waals surface area contributed by atoms with E-state index in [1.165, 1.54) is 6.92 Å². The molecular weight excluding hydrogens is 376 g/mol. The van der Waals surface area contributed by atoms with Gasteiger partial charge in [-0.15, -0.1) is 0 Å². The highest BCUT2D eigenvalue weighted by Gasteiger charge is 2.45. The Kier molecular flexibility index (Phi) is 5.43. The molecule has 0 amide bonds. The number of rotatable bonds is 6. The fraction of sp³-hybridized carbons (Fsp3) is 0.353. The number of ether oxygens (including phenoxy) is 1. The summed E-state index contributed by atoms with van der Waals surface area (Å²) in [7, 11) is 0. The summed E-state index contributed by atoms with van der Waals surface area (Å²) in [4.78, 5) is 24.2. The maximum atomic E-state index is 12.4. The van der Waals surface area contributed by atoms with Gasteiger partial charge in [0.25, 0.3) is 0 Å². The number of halogens is 1. The highest BCUT2D eigenvalue weighted by molar-refractivity contribution is 9.10. The van der Waals surface area contributed by atoms with Crippen molar-refractivity contribution in [1.29, 1.82) is 0 Å². The van der Waals surface area contributed by atoms with Gasteiger partial charge in [-0.1, -0.05) is 19.1 Å². The van der Waals surface area contributed by atoms with Gasteiger partial charge in [-0.05, 0) is 53.9 Å². The summed E-state index contributed by atoms with van der Waals surface area (Å²) < 4.78 is 7.73. The summed E-state index contributed by atoms with van der Waals surface area (Å²) in [5.74, 6) is -2.01. The minimum atomic E-state index is -1.76. The van der Waals surface area contributed by atoms with Crippen LogP contribution in [-0.4, -0.2) is 32.9 Å². The molecule has 1 aromatic heterocycles. The number of carboxylic acids is 1. The second-order valence-corrected chi connectivity index (χ2v) is 6.62. The first-order valence-corrected chi connectivity index (χ1v) is 8.34. The molecule has 0 saturated carbocycles. The van der Waals surface area contributed by atoms with Gasteiger partial charge in [0, 0.05) is 6.20 Å². The van der Waals surface area contributed by atoms with E-state index in [0.29, 0.717) is 12.0 Å². The van der Waals surface area contributed by atoms with E-state index in [0.717, 1.165) is 10.2 Å². The highest BCUT2D eigenvalue weighted by atomic mass is 79.9. The lowest BCUT2D eigenvalue weighted by Gasteiger charge is -2.25. The van der Waals surface area contributed by atoms with Crippen LogP contribution in [0.25, 0.3) is 5.69 Å². The van der Waals surface area contributed by atoms with Crippen LogP contribution >= 0.6 is 15.9 Å². The van der Waals surface area contributed by atoms with Gasteiger partial charge in [-0.25, -0.2) is 4.68 Å². The highest BCUT2D eigenvalue weighted by Crippen LogP contribution is 2.28. The van der Waals surface area contributed by atoms with Crippen molar-refractivity contribution >= 4 is 27.9 Å². The molecule has 2 rings (SSSR count). The van der Waals surface area contributed by atoms with E-state index in [1.54, 1.807) is 48.3 Å². The van der Waals surface area contributed by atoms with Crippen molar-refractivity contribution in [3.63, 3.8) is 0 Å². The number of hydrogen-bond donors (Lipinski definition) is 1. The maximum absolute atomic E-state index is 12.4. The van der Waals surface area contributed by atoms with Crippen LogP contribution in [-0.2, 0) is 19.7 Å². The first-order chi connectivity index (χ1) is 11.3.